The molecule has 1 N–H and O–H groups in total. The minimum Gasteiger partial charge on any atom is -0.379 e. The quantitative estimate of drug-likeness (QED) is 0.808. The van der Waals surface area contributed by atoms with E-state index in [1.807, 2.05) is 12.5 Å². The zero-order valence-corrected chi connectivity index (χ0v) is 12.8. The minimum atomic E-state index is 0.450. The summed E-state index contributed by atoms with van der Waals surface area (Å²) in [6.45, 7) is 7.39. The number of benzene rings is 1. The van der Waals surface area contributed by atoms with Crippen molar-refractivity contribution in [2.45, 2.75) is 52.6 Å². The van der Waals surface area contributed by atoms with Crippen molar-refractivity contribution in [3.8, 4) is 0 Å². The lowest BCUT2D eigenvalue weighted by atomic mass is 10.1. The van der Waals surface area contributed by atoms with Crippen molar-refractivity contribution >= 4 is 5.69 Å². The number of anilines is 1. The molecular formula is C17H25N3. The third kappa shape index (κ3) is 3.86. The molecule has 0 atom stereocenters. The van der Waals surface area contributed by atoms with Crippen LogP contribution in [-0.2, 0) is 13.0 Å². The molecule has 20 heavy (non-hydrogen) atoms. The average molecular weight is 271 g/mol. The SMILES string of the molecule is CCCCc1ccc(NCc2cncn2C(C)C)cc1. The van der Waals surface area contributed by atoms with Crippen LogP contribution in [0.3, 0.4) is 0 Å². The summed E-state index contributed by atoms with van der Waals surface area (Å²) in [6.07, 6.45) is 7.52. The first-order valence-corrected chi connectivity index (χ1v) is 7.54. The number of rotatable bonds is 7. The van der Waals surface area contributed by atoms with Gasteiger partial charge in [-0.05, 0) is 44.4 Å². The normalized spacial score (nSPS) is 11.0. The Bertz CT molecular complexity index is 511. The van der Waals surface area contributed by atoms with E-state index in [0.29, 0.717) is 6.04 Å². The molecule has 0 saturated heterocycles. The predicted molar refractivity (Wildman–Crippen MR) is 85.0 cm³/mol. The van der Waals surface area contributed by atoms with Gasteiger partial charge in [-0.25, -0.2) is 4.98 Å². The van der Waals surface area contributed by atoms with Crippen molar-refractivity contribution in [3.63, 3.8) is 0 Å². The van der Waals surface area contributed by atoms with Crippen LogP contribution in [0.1, 0.15) is 50.9 Å². The Hall–Kier alpha value is -1.77. The molecule has 2 rings (SSSR count). The van der Waals surface area contributed by atoms with Gasteiger partial charge in [0.25, 0.3) is 0 Å². The number of unbranched alkanes of at least 4 members (excludes halogenated alkanes) is 1. The topological polar surface area (TPSA) is 29.9 Å². The summed E-state index contributed by atoms with van der Waals surface area (Å²) in [5.41, 5.74) is 3.81. The van der Waals surface area contributed by atoms with Crippen molar-refractivity contribution in [1.82, 2.24) is 9.55 Å². The molecule has 2 aromatic rings. The van der Waals surface area contributed by atoms with E-state index in [-0.39, 0.29) is 0 Å². The van der Waals surface area contributed by atoms with Gasteiger partial charge >= 0.3 is 0 Å². The second-order valence-corrected chi connectivity index (χ2v) is 5.54. The lowest BCUT2D eigenvalue weighted by Gasteiger charge is -2.13. The van der Waals surface area contributed by atoms with Gasteiger partial charge in [0, 0.05) is 17.9 Å². The maximum atomic E-state index is 4.23. The van der Waals surface area contributed by atoms with E-state index < -0.39 is 0 Å². The summed E-state index contributed by atoms with van der Waals surface area (Å²) >= 11 is 0. The predicted octanol–water partition coefficient (Wildman–Crippen LogP) is 4.42. The van der Waals surface area contributed by atoms with Crippen LogP contribution in [0.25, 0.3) is 0 Å². The molecular weight excluding hydrogens is 246 g/mol. The van der Waals surface area contributed by atoms with Crippen LogP contribution in [0.4, 0.5) is 5.69 Å². The summed E-state index contributed by atoms with van der Waals surface area (Å²) in [6, 6.07) is 9.23. The van der Waals surface area contributed by atoms with Crippen LogP contribution >= 0.6 is 0 Å². The van der Waals surface area contributed by atoms with E-state index in [2.05, 4.69) is 59.9 Å². The Labute approximate surface area is 122 Å². The number of imidazole rings is 1. The summed E-state index contributed by atoms with van der Waals surface area (Å²) < 4.78 is 2.20. The highest BCUT2D eigenvalue weighted by atomic mass is 15.1. The Morgan fingerprint density at radius 3 is 2.60 bits per heavy atom. The molecule has 0 bridgehead atoms. The molecule has 3 nitrogen and oxygen atoms in total. The molecule has 3 heteroatoms. The number of nitrogens with one attached hydrogen (secondary N) is 1. The molecule has 0 aliphatic carbocycles. The fraction of sp³-hybridized carbons (Fsp3) is 0.471. The van der Waals surface area contributed by atoms with Crippen LogP contribution in [0.2, 0.25) is 0 Å². The Morgan fingerprint density at radius 2 is 1.95 bits per heavy atom. The zero-order chi connectivity index (χ0) is 14.4. The largest absolute Gasteiger partial charge is 0.379 e. The Balaban J connectivity index is 1.92. The molecule has 0 saturated carbocycles. The van der Waals surface area contributed by atoms with E-state index in [4.69, 9.17) is 0 Å². The first-order valence-electron chi connectivity index (χ1n) is 7.54. The molecule has 0 radical (unpaired) electrons. The lowest BCUT2D eigenvalue weighted by molar-refractivity contribution is 0.577. The number of hydrogen-bond acceptors (Lipinski definition) is 2. The standard InChI is InChI=1S/C17H25N3/c1-4-5-6-15-7-9-16(10-8-15)19-12-17-11-18-13-20(17)14(2)3/h7-11,13-14,19H,4-6,12H2,1-3H3. The van der Waals surface area contributed by atoms with Crippen molar-refractivity contribution in [2.24, 2.45) is 0 Å². The molecule has 0 aliphatic rings. The zero-order valence-electron chi connectivity index (χ0n) is 12.8. The molecule has 0 unspecified atom stereocenters. The molecule has 108 valence electrons. The van der Waals surface area contributed by atoms with Crippen molar-refractivity contribution in [2.75, 3.05) is 5.32 Å². The first kappa shape index (κ1) is 14.6. The molecule has 0 spiro atoms. The second-order valence-electron chi connectivity index (χ2n) is 5.54. The molecule has 0 fully saturated rings. The minimum absolute atomic E-state index is 0.450. The van der Waals surface area contributed by atoms with Crippen LogP contribution < -0.4 is 5.32 Å². The van der Waals surface area contributed by atoms with Crippen LogP contribution in [-0.4, -0.2) is 9.55 Å². The van der Waals surface area contributed by atoms with Crippen molar-refractivity contribution < 1.29 is 0 Å². The van der Waals surface area contributed by atoms with Gasteiger partial charge in [0.2, 0.25) is 0 Å². The summed E-state index contributed by atoms with van der Waals surface area (Å²) in [7, 11) is 0. The van der Waals surface area contributed by atoms with Crippen molar-refractivity contribution in [3.05, 3.63) is 48.0 Å². The smallest absolute Gasteiger partial charge is 0.0951 e. The maximum absolute atomic E-state index is 4.23. The third-order valence-electron chi connectivity index (χ3n) is 3.55. The summed E-state index contributed by atoms with van der Waals surface area (Å²) in [4.78, 5) is 4.23. The Kier molecular flexibility index (Phi) is 5.22. The van der Waals surface area contributed by atoms with E-state index in [1.54, 1.807) is 0 Å². The number of hydrogen-bond donors (Lipinski definition) is 1. The molecule has 1 aromatic heterocycles. The number of aromatic nitrogens is 2. The monoisotopic (exact) mass is 271 g/mol. The summed E-state index contributed by atoms with van der Waals surface area (Å²) in [5, 5.41) is 3.46. The average Bonchev–Trinajstić information content (AvgIpc) is 2.92. The first-order chi connectivity index (χ1) is 9.70. The lowest BCUT2D eigenvalue weighted by Crippen LogP contribution is -2.08. The van der Waals surface area contributed by atoms with Crippen LogP contribution in [0.5, 0.6) is 0 Å². The third-order valence-corrected chi connectivity index (χ3v) is 3.55. The molecule has 1 heterocycles. The molecule has 1 aromatic carbocycles. The van der Waals surface area contributed by atoms with Gasteiger partial charge in [0.15, 0.2) is 0 Å². The van der Waals surface area contributed by atoms with E-state index in [9.17, 15) is 0 Å². The highest BCUT2D eigenvalue weighted by molar-refractivity contribution is 5.44. The highest BCUT2D eigenvalue weighted by Gasteiger charge is 2.04. The van der Waals surface area contributed by atoms with Gasteiger partial charge in [-0.2, -0.15) is 0 Å². The Morgan fingerprint density at radius 1 is 1.20 bits per heavy atom. The second kappa shape index (κ2) is 7.13. The maximum Gasteiger partial charge on any atom is 0.0951 e. The van der Waals surface area contributed by atoms with E-state index in [0.717, 1.165) is 6.54 Å². The fourth-order valence-corrected chi connectivity index (χ4v) is 2.30. The number of aryl methyl sites for hydroxylation is 1. The van der Waals surface area contributed by atoms with Gasteiger partial charge in [0.1, 0.15) is 0 Å². The molecule has 0 aliphatic heterocycles. The number of nitrogens with zero attached hydrogens (tertiary/aromatic N) is 2. The van der Waals surface area contributed by atoms with E-state index in [1.165, 1.54) is 36.2 Å². The van der Waals surface area contributed by atoms with Crippen LogP contribution in [0.15, 0.2) is 36.8 Å². The van der Waals surface area contributed by atoms with Gasteiger partial charge in [0.05, 0.1) is 18.6 Å². The summed E-state index contributed by atoms with van der Waals surface area (Å²) in [5.74, 6) is 0. The van der Waals surface area contributed by atoms with Gasteiger partial charge in [-0.15, -0.1) is 0 Å². The highest BCUT2D eigenvalue weighted by Crippen LogP contribution is 2.14. The fourth-order valence-electron chi connectivity index (χ4n) is 2.30. The molecule has 0 amide bonds. The van der Waals surface area contributed by atoms with Crippen LogP contribution in [0, 0.1) is 0 Å². The van der Waals surface area contributed by atoms with E-state index >= 15 is 0 Å². The van der Waals surface area contributed by atoms with Gasteiger partial charge in [-0.1, -0.05) is 25.5 Å². The van der Waals surface area contributed by atoms with Crippen molar-refractivity contribution in [1.29, 1.82) is 0 Å². The van der Waals surface area contributed by atoms with Gasteiger partial charge in [-0.3, -0.25) is 0 Å². The van der Waals surface area contributed by atoms with Gasteiger partial charge < -0.3 is 9.88 Å².